The molecule has 0 radical (unpaired) electrons. The molecule has 0 bridgehead atoms. The summed E-state index contributed by atoms with van der Waals surface area (Å²) in [6, 6.07) is 2.50. The number of aromatic nitrogens is 5. The molecule has 2 aliphatic heterocycles. The number of amides is 2. The van der Waals surface area contributed by atoms with Crippen molar-refractivity contribution in [3.8, 4) is 0 Å². The Bertz CT molecular complexity index is 1720. The summed E-state index contributed by atoms with van der Waals surface area (Å²) in [5.74, 6) is -4.34. The fourth-order valence-electron chi connectivity index (χ4n) is 4.54. The number of thioether (sulfide) groups is 1. The van der Waals surface area contributed by atoms with Crippen LogP contribution in [0.25, 0.3) is 11.2 Å². The van der Waals surface area contributed by atoms with Crippen LogP contribution in [0.5, 0.6) is 0 Å². The third kappa shape index (κ3) is 5.90. The first-order valence-corrected chi connectivity index (χ1v) is 15.2. The van der Waals surface area contributed by atoms with Crippen LogP contribution < -0.4 is 26.0 Å². The first-order valence-electron chi connectivity index (χ1n) is 13.0. The summed E-state index contributed by atoms with van der Waals surface area (Å²) in [4.78, 5) is 60.0. The Morgan fingerprint density at radius 1 is 1.41 bits per heavy atom. The molecule has 0 spiro atoms. The molecule has 5 rings (SSSR count). The maximum Gasteiger partial charge on any atom is 0.378 e. The van der Waals surface area contributed by atoms with Crippen molar-refractivity contribution in [2.75, 3.05) is 25.1 Å². The second-order valence-corrected chi connectivity index (χ2v) is 12.3. The molecule has 3 atom stereocenters. The van der Waals surface area contributed by atoms with E-state index in [0.29, 0.717) is 24.3 Å². The van der Waals surface area contributed by atoms with Gasteiger partial charge < -0.3 is 36.2 Å². The van der Waals surface area contributed by atoms with Crippen LogP contribution in [0.1, 0.15) is 12.6 Å². The van der Waals surface area contributed by atoms with E-state index in [2.05, 4.69) is 31.1 Å². The zero-order valence-electron chi connectivity index (χ0n) is 23.1. The number of β-lactam (4-membered cyclic amide) rings is 1. The molecule has 1 fully saturated rings. The smallest absolute Gasteiger partial charge is 0.378 e. The van der Waals surface area contributed by atoms with E-state index in [1.165, 1.54) is 18.7 Å². The average molecular weight is 665 g/mol. The zero-order valence-corrected chi connectivity index (χ0v) is 25.5. The quantitative estimate of drug-likeness (QED) is 0.0706. The highest BCUT2D eigenvalue weighted by Gasteiger charge is 2.53. The number of likely N-dealkylation sites (N-methyl/N-ethyl adjacent to an activating group) is 1. The topological polar surface area (TPSA) is 234 Å². The first-order chi connectivity index (χ1) is 21.0. The van der Waals surface area contributed by atoms with Gasteiger partial charge in [-0.25, -0.2) is 19.0 Å². The molecule has 1 saturated heterocycles. The van der Waals surface area contributed by atoms with E-state index in [4.69, 9.17) is 27.3 Å². The number of nitrogens with two attached hydrogens (primary N) is 1. The predicted molar refractivity (Wildman–Crippen MR) is 155 cm³/mol. The van der Waals surface area contributed by atoms with Gasteiger partial charge in [0, 0.05) is 17.9 Å². The molecule has 44 heavy (non-hydrogen) atoms. The number of halogens is 1. The second kappa shape index (κ2) is 12.7. The fraction of sp³-hybridized carbons (Fsp3) is 0.375. The van der Waals surface area contributed by atoms with Crippen molar-refractivity contribution in [3.63, 3.8) is 0 Å². The Hall–Kier alpha value is -4.33. The molecule has 3 aromatic rings. The van der Waals surface area contributed by atoms with Gasteiger partial charge in [0.25, 0.3) is 11.8 Å². The Balaban J connectivity index is 1.38. The number of oxime groups is 1. The van der Waals surface area contributed by atoms with Gasteiger partial charge in [-0.2, -0.15) is 0 Å². The number of carboxylic acids is 2. The number of anilines is 1. The molecule has 5 heterocycles. The number of pyridine rings is 1. The van der Waals surface area contributed by atoms with Crippen molar-refractivity contribution >= 4 is 80.5 Å². The molecule has 3 aromatic heterocycles. The van der Waals surface area contributed by atoms with Crippen molar-refractivity contribution in [1.29, 1.82) is 0 Å². The number of hydrogen-bond donors (Lipinski definition) is 4. The highest BCUT2D eigenvalue weighted by molar-refractivity contribution is 8.00. The summed E-state index contributed by atoms with van der Waals surface area (Å²) in [5, 5.41) is 38.3. The molecule has 2 unspecified atom stereocenters. The van der Waals surface area contributed by atoms with Crippen LogP contribution in [-0.2, 0) is 37.1 Å². The molecule has 0 saturated carbocycles. The Morgan fingerprint density at radius 2 is 2.18 bits per heavy atom. The summed E-state index contributed by atoms with van der Waals surface area (Å²) in [5.41, 5.74) is 6.42. The number of nitrogens with zero attached hydrogens (tertiary/aromatic N) is 7. The number of carbonyl (C=O) groups is 4. The van der Waals surface area contributed by atoms with E-state index >= 15 is 0 Å². The van der Waals surface area contributed by atoms with E-state index in [0.717, 1.165) is 21.8 Å². The lowest BCUT2D eigenvalue weighted by molar-refractivity contribution is -0.665. The maximum atomic E-state index is 13.3. The van der Waals surface area contributed by atoms with Gasteiger partial charge in [0.1, 0.15) is 33.1 Å². The summed E-state index contributed by atoms with van der Waals surface area (Å²) >= 11 is 8.25. The lowest BCUT2D eigenvalue weighted by Gasteiger charge is -2.50. The van der Waals surface area contributed by atoms with Crippen molar-refractivity contribution in [2.45, 2.75) is 37.5 Å². The lowest BCUT2D eigenvalue weighted by Crippen LogP contribution is -2.71. The van der Waals surface area contributed by atoms with Crippen LogP contribution >= 0.6 is 34.7 Å². The lowest BCUT2D eigenvalue weighted by atomic mass is 10.0. The van der Waals surface area contributed by atoms with Crippen molar-refractivity contribution in [2.24, 2.45) is 5.16 Å². The Kier molecular flexibility index (Phi) is 9.00. The summed E-state index contributed by atoms with van der Waals surface area (Å²) in [7, 11) is 1.82. The van der Waals surface area contributed by atoms with E-state index in [1.54, 1.807) is 21.5 Å². The molecular formula is C24H25ClN10O7S2. The number of carbonyl (C=O) groups excluding carboxylic acids is 3. The Labute approximate surface area is 261 Å². The first kappa shape index (κ1) is 31.1. The molecular weight excluding hydrogens is 640 g/mol. The van der Waals surface area contributed by atoms with Crippen LogP contribution in [0.15, 0.2) is 34.8 Å². The van der Waals surface area contributed by atoms with Gasteiger partial charge in [0.15, 0.2) is 16.4 Å². The largest absolute Gasteiger partial charge is 0.543 e. The normalized spacial score (nSPS) is 19.0. The maximum absolute atomic E-state index is 13.3. The molecule has 232 valence electrons. The number of thiazole rings is 1. The average Bonchev–Trinajstić information content (AvgIpc) is 3.56. The van der Waals surface area contributed by atoms with Crippen LogP contribution in [-0.4, -0.2) is 96.3 Å². The molecule has 0 aromatic carbocycles. The van der Waals surface area contributed by atoms with Crippen LogP contribution in [0.2, 0.25) is 4.34 Å². The molecule has 20 heteroatoms. The molecule has 2 aliphatic rings. The third-order valence-electron chi connectivity index (χ3n) is 6.70. The minimum atomic E-state index is -1.54. The predicted octanol–water partition coefficient (Wildman–Crippen LogP) is -2.07. The number of carboxylic acid groups (broad SMARTS) is 2. The highest BCUT2D eigenvalue weighted by Crippen LogP contribution is 2.40. The van der Waals surface area contributed by atoms with Gasteiger partial charge in [-0.15, -0.1) is 11.8 Å². The SMILES string of the molecule is CNCCn1nnc2c1ccc[n+]2CC1=C(C(=O)[O-])N2C(=O)C(NC(=O)/C(=N\O[C@@H](C)C(=O)O)c3nc(N)sc3Cl)C2SC1. The van der Waals surface area contributed by atoms with Gasteiger partial charge in [0.05, 0.1) is 29.6 Å². The van der Waals surface area contributed by atoms with Gasteiger partial charge in [-0.1, -0.05) is 28.1 Å². The van der Waals surface area contributed by atoms with Crippen LogP contribution in [0, 0.1) is 0 Å². The van der Waals surface area contributed by atoms with Gasteiger partial charge in [-0.3, -0.25) is 14.5 Å². The van der Waals surface area contributed by atoms with Crippen LogP contribution in [0.4, 0.5) is 5.13 Å². The third-order valence-corrected chi connectivity index (χ3v) is 9.12. The van der Waals surface area contributed by atoms with Crippen molar-refractivity contribution in [3.05, 3.63) is 39.6 Å². The zero-order chi connectivity index (χ0) is 31.7. The summed E-state index contributed by atoms with van der Waals surface area (Å²) in [6.07, 6.45) is 0.319. The van der Waals surface area contributed by atoms with E-state index < -0.39 is 47.0 Å². The molecule has 0 aliphatic carbocycles. The van der Waals surface area contributed by atoms with Crippen molar-refractivity contribution in [1.82, 2.24) is 35.5 Å². The number of fused-ring (bicyclic) bond motifs is 2. The molecule has 17 nitrogen and oxygen atoms in total. The van der Waals surface area contributed by atoms with Crippen LogP contribution in [0.3, 0.4) is 0 Å². The summed E-state index contributed by atoms with van der Waals surface area (Å²) in [6.45, 7) is 2.55. The standard InChI is InChI=1S/C24H25ClN10O7S2/c1-10(22(38)39)42-31-14(13-17(25)44-24(26)29-13)19(36)28-15-20(37)35-16(23(40)41)11(9-43-21(15)35)8-33-6-3-4-12-18(33)30-32-34(12)7-5-27-2/h3-4,6,10,15,21,27H,5,7-9H2,1-2H3,(H4-,26,28,29,36,38,39,40,41)/b31-14-/t10-,15?,21?/m0/s1. The fourth-order valence-corrected chi connectivity index (χ4v) is 6.80. The molecule has 2 amide bonds. The van der Waals surface area contributed by atoms with E-state index in [-0.39, 0.29) is 33.2 Å². The number of nitrogen functional groups attached to an aromatic ring is 1. The van der Waals surface area contributed by atoms with Gasteiger partial charge >= 0.3 is 11.6 Å². The monoisotopic (exact) mass is 664 g/mol. The number of rotatable bonds is 12. The Morgan fingerprint density at radius 3 is 2.84 bits per heavy atom. The second-order valence-electron chi connectivity index (χ2n) is 9.56. The van der Waals surface area contributed by atoms with Crippen molar-refractivity contribution < 1.29 is 38.8 Å². The summed E-state index contributed by atoms with van der Waals surface area (Å²) < 4.78 is 3.45. The highest BCUT2D eigenvalue weighted by atomic mass is 35.5. The van der Waals surface area contributed by atoms with E-state index in [1.807, 2.05) is 13.1 Å². The number of aliphatic carboxylic acids is 2. The minimum Gasteiger partial charge on any atom is -0.543 e. The minimum absolute atomic E-state index is 0.0101. The number of hydrogen-bond acceptors (Lipinski definition) is 14. The van der Waals surface area contributed by atoms with Gasteiger partial charge in [-0.05, 0) is 26.1 Å². The molecule has 5 N–H and O–H groups in total. The van der Waals surface area contributed by atoms with Gasteiger partial charge in [0.2, 0.25) is 6.10 Å². The number of nitrogens with one attached hydrogen (secondary N) is 2. The van der Waals surface area contributed by atoms with E-state index in [9.17, 15) is 24.3 Å².